The van der Waals surface area contributed by atoms with Crippen LogP contribution in [0.15, 0.2) is 70.1 Å². The fourth-order valence-electron chi connectivity index (χ4n) is 4.10. The molecule has 4 rings (SSSR count). The van der Waals surface area contributed by atoms with Crippen molar-refractivity contribution in [1.82, 2.24) is 15.2 Å². The summed E-state index contributed by atoms with van der Waals surface area (Å²) in [6, 6.07) is 9.49. The highest BCUT2D eigenvalue weighted by molar-refractivity contribution is 8.16. The lowest BCUT2D eigenvalue weighted by Crippen LogP contribution is -2.38. The van der Waals surface area contributed by atoms with E-state index in [1.54, 1.807) is 12.4 Å². The van der Waals surface area contributed by atoms with Gasteiger partial charge < -0.3 is 15.0 Å². The third-order valence-electron chi connectivity index (χ3n) is 5.71. The van der Waals surface area contributed by atoms with Crippen LogP contribution in [0.3, 0.4) is 0 Å². The molecule has 8 heteroatoms. The first-order valence-electron chi connectivity index (χ1n) is 10.6. The molecule has 0 fully saturated rings. The lowest BCUT2D eigenvalue weighted by atomic mass is 9.90. The molecule has 2 aliphatic heterocycles. The Bertz CT molecular complexity index is 1190. The van der Waals surface area contributed by atoms with Gasteiger partial charge in [0.25, 0.3) is 0 Å². The second kappa shape index (κ2) is 9.62. The number of carbonyl (C=O) groups excluding carboxylic acids is 2. The number of carbonyl (C=O) groups is 2. The number of nitrogens with zero attached hydrogens (tertiary/aromatic N) is 3. The zero-order chi connectivity index (χ0) is 23.5. The quantitative estimate of drug-likeness (QED) is 0.649. The van der Waals surface area contributed by atoms with Gasteiger partial charge in [0.2, 0.25) is 5.91 Å². The zero-order valence-electron chi connectivity index (χ0n) is 19.1. The monoisotopic (exact) mass is 462 g/mol. The molecule has 1 N–H and O–H groups in total. The van der Waals surface area contributed by atoms with Crippen LogP contribution in [0.2, 0.25) is 0 Å². The molecule has 7 nitrogen and oxygen atoms in total. The van der Waals surface area contributed by atoms with Crippen LogP contribution in [0.25, 0.3) is 0 Å². The van der Waals surface area contributed by atoms with Gasteiger partial charge in [0.1, 0.15) is 0 Å². The number of nitrogens with one attached hydrogen (secondary N) is 1. The van der Waals surface area contributed by atoms with Crippen LogP contribution in [0.5, 0.6) is 0 Å². The maximum absolute atomic E-state index is 12.8. The summed E-state index contributed by atoms with van der Waals surface area (Å²) in [6.45, 7) is 6.33. The van der Waals surface area contributed by atoms with Gasteiger partial charge in [-0.15, -0.1) is 0 Å². The number of aryl methyl sites for hydroxylation is 2. The predicted molar refractivity (Wildman–Crippen MR) is 129 cm³/mol. The Labute approximate surface area is 197 Å². The third-order valence-corrected chi connectivity index (χ3v) is 6.60. The van der Waals surface area contributed by atoms with Crippen LogP contribution in [0.1, 0.15) is 41.6 Å². The molecule has 2 aromatic rings. The number of hydrogen-bond acceptors (Lipinski definition) is 7. The van der Waals surface area contributed by atoms with E-state index in [9.17, 15) is 9.59 Å². The highest BCUT2D eigenvalue weighted by Crippen LogP contribution is 2.45. The lowest BCUT2D eigenvalue weighted by molar-refractivity contribution is -0.136. The Kier molecular flexibility index (Phi) is 6.65. The Morgan fingerprint density at radius 1 is 1.15 bits per heavy atom. The standard InChI is InChI=1S/C25H26N4O3S/c1-15-5-6-20(16(2)11-15)23-22(24(31)32-4)17(3)28-25-29(23)19(14-33-25)12-21(30)27-13-18-7-9-26-10-8-18/h5-11,14,23H,12-13H2,1-4H3,(H,27,30). The minimum Gasteiger partial charge on any atom is -0.466 e. The zero-order valence-corrected chi connectivity index (χ0v) is 19.9. The van der Waals surface area contributed by atoms with Gasteiger partial charge in [-0.2, -0.15) is 0 Å². The number of hydrogen-bond donors (Lipinski definition) is 1. The fraction of sp³-hybridized carbons (Fsp3) is 0.280. The van der Waals surface area contributed by atoms with Gasteiger partial charge in [-0.3, -0.25) is 9.78 Å². The summed E-state index contributed by atoms with van der Waals surface area (Å²) in [7, 11) is 1.38. The van der Waals surface area contributed by atoms with E-state index >= 15 is 0 Å². The van der Waals surface area contributed by atoms with E-state index in [4.69, 9.17) is 4.74 Å². The summed E-state index contributed by atoms with van der Waals surface area (Å²) >= 11 is 1.46. The van der Waals surface area contributed by atoms with Gasteiger partial charge in [-0.25, -0.2) is 9.79 Å². The van der Waals surface area contributed by atoms with Crippen molar-refractivity contribution >= 4 is 28.8 Å². The molecule has 1 atom stereocenters. The summed E-state index contributed by atoms with van der Waals surface area (Å²) in [5.41, 5.74) is 6.08. The predicted octanol–water partition coefficient (Wildman–Crippen LogP) is 4.15. The summed E-state index contributed by atoms with van der Waals surface area (Å²) in [6.07, 6.45) is 3.57. The molecule has 170 valence electrons. The van der Waals surface area contributed by atoms with E-state index in [0.717, 1.165) is 33.1 Å². The first kappa shape index (κ1) is 22.8. The van der Waals surface area contributed by atoms with E-state index in [2.05, 4.69) is 21.4 Å². The maximum Gasteiger partial charge on any atom is 0.338 e. The number of benzene rings is 1. The van der Waals surface area contributed by atoms with Crippen LogP contribution in [0, 0.1) is 13.8 Å². The summed E-state index contributed by atoms with van der Waals surface area (Å²) in [4.78, 5) is 36.3. The number of allylic oxidation sites excluding steroid dienone is 1. The average molecular weight is 463 g/mol. The Balaban J connectivity index is 1.64. The molecule has 1 aromatic heterocycles. The van der Waals surface area contributed by atoms with Gasteiger partial charge in [0.15, 0.2) is 5.17 Å². The number of ether oxygens (including phenoxy) is 1. The molecule has 1 amide bonds. The number of fused-ring (bicyclic) bond motifs is 1. The van der Waals surface area contributed by atoms with E-state index < -0.39 is 12.0 Å². The van der Waals surface area contributed by atoms with E-state index in [1.165, 1.54) is 18.9 Å². The number of aromatic nitrogens is 1. The second-order valence-electron chi connectivity index (χ2n) is 8.05. The minimum atomic E-state index is -0.418. The number of amides is 1. The largest absolute Gasteiger partial charge is 0.466 e. The van der Waals surface area contributed by atoms with Crippen LogP contribution >= 0.6 is 11.8 Å². The molecular formula is C25H26N4O3S. The van der Waals surface area contributed by atoms with Crippen molar-refractivity contribution in [2.24, 2.45) is 4.99 Å². The summed E-state index contributed by atoms with van der Waals surface area (Å²) < 4.78 is 5.12. The van der Waals surface area contributed by atoms with E-state index in [0.29, 0.717) is 17.8 Å². The molecule has 1 aromatic carbocycles. The van der Waals surface area contributed by atoms with E-state index in [-0.39, 0.29) is 12.3 Å². The summed E-state index contributed by atoms with van der Waals surface area (Å²) in [5.74, 6) is -0.524. The first-order chi connectivity index (χ1) is 15.9. The molecule has 0 saturated heterocycles. The third kappa shape index (κ3) is 4.71. The number of rotatable bonds is 6. The highest BCUT2D eigenvalue weighted by atomic mass is 32.2. The molecule has 2 aliphatic rings. The smallest absolute Gasteiger partial charge is 0.338 e. The molecule has 0 aliphatic carbocycles. The molecular weight excluding hydrogens is 436 g/mol. The Morgan fingerprint density at radius 3 is 2.61 bits per heavy atom. The molecule has 3 heterocycles. The van der Waals surface area contributed by atoms with Crippen molar-refractivity contribution in [3.05, 3.63) is 87.4 Å². The number of methoxy groups -OCH3 is 1. The van der Waals surface area contributed by atoms with Crippen molar-refractivity contribution in [3.63, 3.8) is 0 Å². The first-order valence-corrected chi connectivity index (χ1v) is 11.5. The molecule has 0 saturated carbocycles. The molecule has 1 unspecified atom stereocenters. The number of esters is 1. The lowest BCUT2D eigenvalue weighted by Gasteiger charge is -2.37. The Hall–Kier alpha value is -3.39. The molecule has 0 bridgehead atoms. The van der Waals surface area contributed by atoms with Crippen LogP contribution in [0.4, 0.5) is 0 Å². The number of pyridine rings is 1. The highest BCUT2D eigenvalue weighted by Gasteiger charge is 2.41. The normalized spacial score (nSPS) is 17.3. The van der Waals surface area contributed by atoms with Crippen molar-refractivity contribution in [1.29, 1.82) is 0 Å². The average Bonchev–Trinajstić information content (AvgIpc) is 3.19. The van der Waals surface area contributed by atoms with Crippen LogP contribution < -0.4 is 5.32 Å². The van der Waals surface area contributed by atoms with Gasteiger partial charge in [-0.1, -0.05) is 35.5 Å². The number of amidine groups is 1. The molecule has 0 spiro atoms. The van der Waals surface area contributed by atoms with Crippen molar-refractivity contribution < 1.29 is 14.3 Å². The van der Waals surface area contributed by atoms with Crippen LogP contribution in [-0.4, -0.2) is 34.0 Å². The second-order valence-corrected chi connectivity index (χ2v) is 8.89. The van der Waals surface area contributed by atoms with Gasteiger partial charge in [-0.05, 0) is 55.0 Å². The fourth-order valence-corrected chi connectivity index (χ4v) is 5.06. The minimum absolute atomic E-state index is 0.106. The Morgan fingerprint density at radius 2 is 1.91 bits per heavy atom. The molecule has 33 heavy (non-hydrogen) atoms. The summed E-state index contributed by atoms with van der Waals surface area (Å²) in [5, 5.41) is 5.65. The van der Waals surface area contributed by atoms with Gasteiger partial charge >= 0.3 is 5.97 Å². The van der Waals surface area contributed by atoms with Gasteiger partial charge in [0.05, 0.1) is 30.8 Å². The van der Waals surface area contributed by atoms with Crippen molar-refractivity contribution in [2.45, 2.75) is 39.8 Å². The van der Waals surface area contributed by atoms with E-state index in [1.807, 2.05) is 55.3 Å². The van der Waals surface area contributed by atoms with Crippen LogP contribution in [-0.2, 0) is 20.9 Å². The van der Waals surface area contributed by atoms with Crippen molar-refractivity contribution in [3.8, 4) is 0 Å². The van der Waals surface area contributed by atoms with Gasteiger partial charge in [0, 0.05) is 24.6 Å². The SMILES string of the molecule is COC(=O)C1=C(C)N=C2SC=C(CC(=O)NCc3ccncc3)N2C1c1ccc(C)cc1C. The number of aliphatic imine (C=N–C) groups is 1. The molecule has 0 radical (unpaired) electrons. The maximum atomic E-state index is 12.8. The number of thioether (sulfide) groups is 1. The van der Waals surface area contributed by atoms with Crippen molar-refractivity contribution in [2.75, 3.05) is 7.11 Å². The topological polar surface area (TPSA) is 83.9 Å².